The van der Waals surface area contributed by atoms with E-state index in [1.165, 1.54) is 6.08 Å². The third kappa shape index (κ3) is 7.46. The Bertz CT molecular complexity index is 1460. The Kier molecular flexibility index (Phi) is 8.57. The van der Waals surface area contributed by atoms with Gasteiger partial charge in [-0.2, -0.15) is 0 Å². The molecule has 0 aliphatic carbocycles. The minimum absolute atomic E-state index is 0.0814. The average molecular weight is 551 g/mol. The van der Waals surface area contributed by atoms with Crippen LogP contribution in [0.2, 0.25) is 0 Å². The maximum atomic E-state index is 13.2. The van der Waals surface area contributed by atoms with E-state index in [4.69, 9.17) is 0 Å². The van der Waals surface area contributed by atoms with Crippen LogP contribution in [0.1, 0.15) is 31.8 Å². The molecule has 4 aromatic rings. The summed E-state index contributed by atoms with van der Waals surface area (Å²) in [4.78, 5) is 38.4. The van der Waals surface area contributed by atoms with E-state index in [0.717, 1.165) is 15.6 Å². The first-order valence-electron chi connectivity index (χ1n) is 11.5. The topological polar surface area (TPSA) is 75.3 Å². The van der Waals surface area contributed by atoms with Crippen LogP contribution in [0.25, 0.3) is 12.2 Å². The summed E-state index contributed by atoms with van der Waals surface area (Å²) in [6, 6.07) is 32.2. The van der Waals surface area contributed by atoms with Crippen LogP contribution < -0.4 is 10.6 Å². The number of carbonyl (C=O) groups is 3. The Morgan fingerprint density at radius 2 is 1.32 bits per heavy atom. The molecule has 5 nitrogen and oxygen atoms in total. The van der Waals surface area contributed by atoms with Crippen molar-refractivity contribution in [2.24, 2.45) is 0 Å². The quantitative estimate of drug-likeness (QED) is 0.188. The summed E-state index contributed by atoms with van der Waals surface area (Å²) in [5.41, 5.74) is 3.16. The monoisotopic (exact) mass is 550 g/mol. The predicted octanol–water partition coefficient (Wildman–Crippen LogP) is 6.75. The molecule has 0 atom stereocenters. The van der Waals surface area contributed by atoms with Crippen LogP contribution in [0, 0.1) is 0 Å². The first-order valence-corrected chi connectivity index (χ1v) is 12.3. The Morgan fingerprint density at radius 1 is 0.676 bits per heavy atom. The maximum absolute atomic E-state index is 13.2. The van der Waals surface area contributed by atoms with Gasteiger partial charge in [-0.25, -0.2) is 0 Å². The Hall–Kier alpha value is -4.55. The molecule has 0 unspecified atom stereocenters. The summed E-state index contributed by atoms with van der Waals surface area (Å²) in [7, 11) is 0. The number of anilines is 1. The predicted molar refractivity (Wildman–Crippen MR) is 151 cm³/mol. The van der Waals surface area contributed by atoms with E-state index in [2.05, 4.69) is 26.6 Å². The lowest BCUT2D eigenvalue weighted by Gasteiger charge is -2.12. The molecule has 2 N–H and O–H groups in total. The fourth-order valence-electron chi connectivity index (χ4n) is 3.45. The van der Waals surface area contributed by atoms with Crippen molar-refractivity contribution in [3.63, 3.8) is 0 Å². The van der Waals surface area contributed by atoms with Crippen molar-refractivity contribution in [3.8, 4) is 0 Å². The maximum Gasteiger partial charge on any atom is 0.272 e. The lowest BCUT2D eigenvalue weighted by Crippen LogP contribution is -2.30. The number of hydrogen-bond acceptors (Lipinski definition) is 3. The molecule has 182 valence electrons. The Balaban J connectivity index is 1.50. The van der Waals surface area contributed by atoms with Crippen LogP contribution in [-0.4, -0.2) is 17.6 Å². The summed E-state index contributed by atoms with van der Waals surface area (Å²) >= 11 is 3.42. The van der Waals surface area contributed by atoms with E-state index < -0.39 is 11.8 Å². The molecular formula is C31H23BrN2O3. The molecule has 0 saturated heterocycles. The SMILES string of the molecule is O=C(Nc1ccc(C(=O)/C=C/c2ccccc2)cc1)/C(=C/c1cccc(Br)c1)NC(=O)c1ccccc1. The van der Waals surface area contributed by atoms with Gasteiger partial charge >= 0.3 is 0 Å². The van der Waals surface area contributed by atoms with Crippen molar-refractivity contribution >= 4 is 51.4 Å². The molecule has 0 spiro atoms. The van der Waals surface area contributed by atoms with E-state index in [0.29, 0.717) is 16.8 Å². The molecule has 4 rings (SSSR count). The number of nitrogens with one attached hydrogen (secondary N) is 2. The van der Waals surface area contributed by atoms with Gasteiger partial charge in [0, 0.05) is 21.3 Å². The van der Waals surface area contributed by atoms with Crippen LogP contribution in [0.3, 0.4) is 0 Å². The van der Waals surface area contributed by atoms with Crippen LogP contribution in [0.4, 0.5) is 5.69 Å². The number of benzene rings is 4. The lowest BCUT2D eigenvalue weighted by atomic mass is 10.1. The molecule has 0 aliphatic rings. The zero-order valence-corrected chi connectivity index (χ0v) is 21.3. The molecule has 37 heavy (non-hydrogen) atoms. The van der Waals surface area contributed by atoms with Gasteiger partial charge in [-0.1, -0.05) is 82.7 Å². The van der Waals surface area contributed by atoms with Crippen molar-refractivity contribution in [2.45, 2.75) is 0 Å². The van der Waals surface area contributed by atoms with Crippen LogP contribution >= 0.6 is 15.9 Å². The van der Waals surface area contributed by atoms with E-state index in [9.17, 15) is 14.4 Å². The Labute approximate surface area is 223 Å². The smallest absolute Gasteiger partial charge is 0.272 e. The van der Waals surface area contributed by atoms with Crippen LogP contribution in [0.5, 0.6) is 0 Å². The second-order valence-corrected chi connectivity index (χ2v) is 8.99. The fourth-order valence-corrected chi connectivity index (χ4v) is 3.87. The normalized spacial score (nSPS) is 11.2. The van der Waals surface area contributed by atoms with Crippen molar-refractivity contribution in [1.82, 2.24) is 5.32 Å². The van der Waals surface area contributed by atoms with Gasteiger partial charge in [-0.15, -0.1) is 0 Å². The fraction of sp³-hybridized carbons (Fsp3) is 0. The van der Waals surface area contributed by atoms with Crippen molar-refractivity contribution in [2.75, 3.05) is 5.32 Å². The van der Waals surface area contributed by atoms with Crippen LogP contribution in [0.15, 0.2) is 125 Å². The highest BCUT2D eigenvalue weighted by atomic mass is 79.9. The highest BCUT2D eigenvalue weighted by molar-refractivity contribution is 9.10. The van der Waals surface area contributed by atoms with E-state index in [-0.39, 0.29) is 11.5 Å². The number of halogens is 1. The number of hydrogen-bond donors (Lipinski definition) is 2. The molecule has 0 fully saturated rings. The summed E-state index contributed by atoms with van der Waals surface area (Å²) in [5.74, 6) is -1.04. The first kappa shape index (κ1) is 25.5. The molecule has 0 aliphatic heterocycles. The van der Waals surface area contributed by atoms with Gasteiger partial charge in [0.15, 0.2) is 5.78 Å². The highest BCUT2D eigenvalue weighted by Crippen LogP contribution is 2.16. The standard InChI is InChI=1S/C31H23BrN2O3/c32-26-13-7-10-23(20-26)21-28(34-30(36)25-11-5-2-6-12-25)31(37)33-27-17-15-24(16-18-27)29(35)19-14-22-8-3-1-4-9-22/h1-21H,(H,33,37)(H,34,36)/b19-14+,28-21-. The summed E-state index contributed by atoms with van der Waals surface area (Å²) in [6.45, 7) is 0. The summed E-state index contributed by atoms with van der Waals surface area (Å²) in [6.07, 6.45) is 4.88. The molecule has 0 bridgehead atoms. The molecule has 0 heterocycles. The number of allylic oxidation sites excluding steroid dienone is 1. The zero-order valence-electron chi connectivity index (χ0n) is 19.7. The van der Waals surface area contributed by atoms with E-state index in [1.807, 2.05) is 60.7 Å². The molecule has 0 saturated carbocycles. The van der Waals surface area contributed by atoms with Crippen molar-refractivity contribution in [1.29, 1.82) is 0 Å². The average Bonchev–Trinajstić information content (AvgIpc) is 2.93. The van der Waals surface area contributed by atoms with Gasteiger partial charge in [0.25, 0.3) is 11.8 Å². The van der Waals surface area contributed by atoms with Crippen LogP contribution in [-0.2, 0) is 4.79 Å². The second-order valence-electron chi connectivity index (χ2n) is 8.07. The molecule has 4 aromatic carbocycles. The molecule has 0 aromatic heterocycles. The lowest BCUT2D eigenvalue weighted by molar-refractivity contribution is -0.113. The Morgan fingerprint density at radius 3 is 2.00 bits per heavy atom. The highest BCUT2D eigenvalue weighted by Gasteiger charge is 2.15. The van der Waals surface area contributed by atoms with Crippen molar-refractivity contribution < 1.29 is 14.4 Å². The number of ketones is 1. The molecular weight excluding hydrogens is 528 g/mol. The van der Waals surface area contributed by atoms with Gasteiger partial charge in [0.1, 0.15) is 5.70 Å². The third-order valence-electron chi connectivity index (χ3n) is 5.34. The number of carbonyl (C=O) groups excluding carboxylic acids is 3. The first-order chi connectivity index (χ1) is 18.0. The molecule has 0 radical (unpaired) electrons. The molecule has 2 amide bonds. The van der Waals surface area contributed by atoms with E-state index in [1.54, 1.807) is 60.7 Å². The minimum atomic E-state index is -0.493. The van der Waals surface area contributed by atoms with Crippen molar-refractivity contribution in [3.05, 3.63) is 148 Å². The van der Waals surface area contributed by atoms with Gasteiger partial charge < -0.3 is 10.6 Å². The van der Waals surface area contributed by atoms with E-state index >= 15 is 0 Å². The minimum Gasteiger partial charge on any atom is -0.321 e. The number of rotatable bonds is 8. The largest absolute Gasteiger partial charge is 0.321 e. The van der Waals surface area contributed by atoms with Gasteiger partial charge in [0.05, 0.1) is 0 Å². The second kappa shape index (κ2) is 12.4. The van der Waals surface area contributed by atoms with Gasteiger partial charge in [0.2, 0.25) is 0 Å². The number of amides is 2. The summed E-state index contributed by atoms with van der Waals surface area (Å²) < 4.78 is 0.844. The summed E-state index contributed by atoms with van der Waals surface area (Å²) in [5, 5.41) is 5.51. The van der Waals surface area contributed by atoms with Gasteiger partial charge in [-0.3, -0.25) is 14.4 Å². The third-order valence-corrected chi connectivity index (χ3v) is 5.84. The molecule has 6 heteroatoms. The van der Waals surface area contributed by atoms with Gasteiger partial charge in [-0.05, 0) is 71.8 Å². The zero-order chi connectivity index (χ0) is 26.0.